The Balaban J connectivity index is 0.784. The van der Waals surface area contributed by atoms with Gasteiger partial charge in [-0.3, -0.25) is 0 Å². The quantitative estimate of drug-likeness (QED) is 0.0125. The van der Waals surface area contributed by atoms with Gasteiger partial charge in [0.25, 0.3) is 0 Å². The zero-order chi connectivity index (χ0) is 66.0. The highest BCUT2D eigenvalue weighted by Gasteiger charge is 2.47. The van der Waals surface area contributed by atoms with Gasteiger partial charge in [0.15, 0.2) is 0 Å². The first-order valence-electron chi connectivity index (χ1n) is 38.1. The summed E-state index contributed by atoms with van der Waals surface area (Å²) < 4.78 is 19.6. The molecule has 0 atom stereocenters. The number of carbonyl (C=O) groups is 2. The number of fused-ring (bicyclic) bond motifs is 14. The first-order chi connectivity index (χ1) is 46.4. The number of carbonyl (C=O) groups excluding carboxylic acids is 2. The molecule has 95 heavy (non-hydrogen) atoms. The Kier molecular flexibility index (Phi) is 24.7. The van der Waals surface area contributed by atoms with Gasteiger partial charge in [0, 0.05) is 57.7 Å². The minimum atomic E-state index is -0.322. The van der Waals surface area contributed by atoms with E-state index in [0.717, 1.165) is 83.0 Å². The normalized spacial score (nSPS) is 14.1. The minimum Gasteiger partial charge on any atom is -0.462 e. The maximum absolute atomic E-state index is 13.6. The second-order valence-electron chi connectivity index (χ2n) is 30.0. The van der Waals surface area contributed by atoms with Crippen molar-refractivity contribution in [2.45, 2.75) is 264 Å². The Morgan fingerprint density at radius 1 is 0.379 bits per heavy atom. The molecule has 1 aromatic heterocycles. The number of nitrogens with zero attached hydrogens (tertiary/aromatic N) is 2. The van der Waals surface area contributed by atoms with Gasteiger partial charge in [-0.05, 0) is 107 Å². The lowest BCUT2D eigenvalue weighted by molar-refractivity contribution is 0.0488. The van der Waals surface area contributed by atoms with E-state index in [2.05, 4.69) is 154 Å². The molecule has 0 bridgehead atoms. The molecular formula is C88H113N2O5+. The van der Waals surface area contributed by atoms with Crippen LogP contribution in [-0.4, -0.2) is 38.2 Å². The van der Waals surface area contributed by atoms with Gasteiger partial charge >= 0.3 is 23.1 Å². The Morgan fingerprint density at radius 3 is 1.12 bits per heavy atom. The van der Waals surface area contributed by atoms with Crippen LogP contribution < -0.4 is 9.80 Å². The number of ether oxygens (including phenoxy) is 2. The van der Waals surface area contributed by atoms with Gasteiger partial charge in [-0.2, -0.15) is 0 Å². The topological polar surface area (TPSA) is 70.4 Å². The standard InChI is InChI=1S/C88H113N2O5/c1-7-9-11-13-15-17-19-21-23-25-27-29-31-33-35-41-55-93-85(91)66-49-47-65(48-50-66)62-89-63-87(3,4)79-81(89)75-59-70-45-39-37-43-68(70)57-73(75)77-61-78-74-58-69-44-38-40-46-71(69)60-76(74)82-80(84(78)95-83(77)79)88(5,6)64-90(82)72-53-51-67(52-54-72)86(92)94-56-42-36-34-32-30-28-26-24-22-20-18-16-14-12-10-8-2/h37-40,43-54,57-61H,7-36,41-42,55-56,62-64H2,1-6H3/q+1. The molecule has 11 rings (SSSR count). The first-order valence-corrected chi connectivity index (χ1v) is 38.1. The largest absolute Gasteiger partial charge is 0.462 e. The molecule has 3 heterocycles. The average molecular weight is 1280 g/mol. The van der Waals surface area contributed by atoms with E-state index in [0.29, 0.717) is 30.9 Å². The molecule has 0 fully saturated rings. The lowest BCUT2D eigenvalue weighted by Crippen LogP contribution is -2.28. The van der Waals surface area contributed by atoms with Crippen LogP contribution in [0.1, 0.15) is 284 Å². The number of esters is 2. The van der Waals surface area contributed by atoms with Crippen LogP contribution in [0.5, 0.6) is 0 Å². The van der Waals surface area contributed by atoms with E-state index in [1.807, 2.05) is 24.3 Å². The van der Waals surface area contributed by atoms with Gasteiger partial charge in [0.05, 0.1) is 57.6 Å². The molecule has 7 heteroatoms. The molecule has 0 amide bonds. The van der Waals surface area contributed by atoms with Gasteiger partial charge in [-0.25, -0.2) is 14.0 Å². The van der Waals surface area contributed by atoms with Crippen molar-refractivity contribution in [3.05, 3.63) is 155 Å². The highest BCUT2D eigenvalue weighted by Crippen LogP contribution is 2.56. The summed E-state index contributed by atoms with van der Waals surface area (Å²) in [7, 11) is 0. The van der Waals surface area contributed by atoms with Gasteiger partial charge in [0.2, 0.25) is 0 Å². The van der Waals surface area contributed by atoms with E-state index in [1.165, 1.54) is 234 Å². The van der Waals surface area contributed by atoms with Gasteiger partial charge < -0.3 is 19.3 Å². The average Bonchev–Trinajstić information content (AvgIpc) is 1.64. The predicted molar refractivity (Wildman–Crippen MR) is 405 cm³/mol. The summed E-state index contributed by atoms with van der Waals surface area (Å²) in [6, 6.07) is 45.7. The summed E-state index contributed by atoms with van der Waals surface area (Å²) in [5.74, 6) is -0.499. The number of rotatable bonds is 39. The van der Waals surface area contributed by atoms with Crippen LogP contribution in [0.3, 0.4) is 0 Å². The van der Waals surface area contributed by atoms with Crippen molar-refractivity contribution in [3.8, 4) is 0 Å². The van der Waals surface area contributed by atoms with Crippen LogP contribution in [-0.2, 0) is 26.8 Å². The Hall–Kier alpha value is -6.99. The summed E-state index contributed by atoms with van der Waals surface area (Å²) in [4.78, 5) is 32.0. The number of benzene rings is 8. The van der Waals surface area contributed by atoms with E-state index in [4.69, 9.17) is 13.9 Å². The molecule has 0 saturated carbocycles. The predicted octanol–water partition coefficient (Wildman–Crippen LogP) is 26.0. The fourth-order valence-corrected chi connectivity index (χ4v) is 16.0. The zero-order valence-corrected chi connectivity index (χ0v) is 59.2. The smallest absolute Gasteiger partial charge is 0.367 e. The minimum absolute atomic E-state index is 0.243. The SMILES string of the molecule is CCCCCCCCCCCCCCCCCCOC(=O)c1ccc(CN2CC(C)(C)c3c2c2cc4ccccc4cc2c2cc4c([o+]c32)c2c(c3cc5ccccc5cc34)N(c3ccc(C(=O)OCCCCCCCCCCCCCCCCCC)cc3)CC2(C)C)cc1. The number of unbranched alkanes of at least 4 members (excludes halogenated alkanes) is 30. The summed E-state index contributed by atoms with van der Waals surface area (Å²) in [5, 5.41) is 11.7. The zero-order valence-electron chi connectivity index (χ0n) is 59.2. The maximum atomic E-state index is 13.6. The Morgan fingerprint density at radius 2 is 0.716 bits per heavy atom. The van der Waals surface area contributed by atoms with Gasteiger partial charge in [-0.15, -0.1) is 0 Å². The molecule has 2 aliphatic heterocycles. The van der Waals surface area contributed by atoms with Crippen molar-refractivity contribution >= 4 is 94.0 Å². The van der Waals surface area contributed by atoms with Gasteiger partial charge in [-0.1, -0.05) is 295 Å². The van der Waals surface area contributed by atoms with Crippen LogP contribution in [0, 0.1) is 0 Å². The van der Waals surface area contributed by atoms with E-state index in [1.54, 1.807) is 0 Å². The molecule has 9 aromatic rings. The molecule has 0 N–H and O–H groups in total. The van der Waals surface area contributed by atoms with E-state index < -0.39 is 0 Å². The van der Waals surface area contributed by atoms with Crippen molar-refractivity contribution in [2.75, 3.05) is 36.1 Å². The number of anilines is 3. The molecule has 504 valence electrons. The molecule has 2 aliphatic rings. The number of hydrogen-bond donors (Lipinski definition) is 0. The third kappa shape index (κ3) is 17.2. The van der Waals surface area contributed by atoms with Crippen LogP contribution in [0.15, 0.2) is 132 Å². The molecule has 7 nitrogen and oxygen atoms in total. The second-order valence-corrected chi connectivity index (χ2v) is 30.0. The molecule has 0 saturated heterocycles. The molecule has 0 spiro atoms. The third-order valence-electron chi connectivity index (χ3n) is 21.3. The highest BCUT2D eigenvalue weighted by atomic mass is 16.5. The monoisotopic (exact) mass is 1280 g/mol. The Bertz CT molecular complexity index is 3990. The van der Waals surface area contributed by atoms with Gasteiger partial charge in [0.1, 0.15) is 0 Å². The Labute approximate surface area is 570 Å². The summed E-state index contributed by atoms with van der Waals surface area (Å²) in [6.07, 6.45) is 42.1. The number of hydrogen-bond acceptors (Lipinski definition) is 6. The fourth-order valence-electron chi connectivity index (χ4n) is 16.0. The molecular weight excluding hydrogens is 1160 g/mol. The van der Waals surface area contributed by atoms with E-state index in [-0.39, 0.29) is 22.8 Å². The van der Waals surface area contributed by atoms with Crippen LogP contribution in [0.2, 0.25) is 0 Å². The van der Waals surface area contributed by atoms with Crippen molar-refractivity contribution in [3.63, 3.8) is 0 Å². The first kappa shape index (κ1) is 69.4. The van der Waals surface area contributed by atoms with E-state index >= 15 is 0 Å². The van der Waals surface area contributed by atoms with Crippen molar-refractivity contribution in [1.29, 1.82) is 0 Å². The molecule has 0 unspecified atom stereocenters. The summed E-state index contributed by atoms with van der Waals surface area (Å²) in [5.41, 5.74) is 9.39. The van der Waals surface area contributed by atoms with Crippen LogP contribution in [0.25, 0.3) is 65.0 Å². The fraction of sp³-hybridized carbons (Fsp3) is 0.511. The molecule has 0 aliphatic carbocycles. The lowest BCUT2D eigenvalue weighted by atomic mass is 9.82. The highest BCUT2D eigenvalue weighted by molar-refractivity contribution is 6.24. The summed E-state index contributed by atoms with van der Waals surface area (Å²) >= 11 is 0. The van der Waals surface area contributed by atoms with Crippen LogP contribution in [0.4, 0.5) is 17.1 Å². The summed E-state index contributed by atoms with van der Waals surface area (Å²) in [6.45, 7) is 17.2. The maximum Gasteiger partial charge on any atom is 0.367 e. The molecule has 0 radical (unpaired) electrons. The van der Waals surface area contributed by atoms with Crippen molar-refractivity contribution < 1.29 is 23.5 Å². The van der Waals surface area contributed by atoms with Crippen molar-refractivity contribution in [2.24, 2.45) is 0 Å². The van der Waals surface area contributed by atoms with Crippen molar-refractivity contribution in [1.82, 2.24) is 0 Å². The second kappa shape index (κ2) is 33.8. The van der Waals surface area contributed by atoms with E-state index in [9.17, 15) is 9.59 Å². The third-order valence-corrected chi connectivity index (χ3v) is 21.3. The lowest BCUT2D eigenvalue weighted by Gasteiger charge is -2.23. The van der Waals surface area contributed by atoms with Crippen LogP contribution >= 0.6 is 0 Å². The molecule has 8 aromatic carbocycles.